The Bertz CT molecular complexity index is 612. The standard InChI is InChI=1S/C13H10Cl3NO3/c1-18-9-4-3-5-10(19-2)11(9)20-13-8(15)6-7(14)12(16)17-13/h3-6H,1-2H3. The summed E-state index contributed by atoms with van der Waals surface area (Å²) in [6.45, 7) is 0. The maximum absolute atomic E-state index is 6.03. The lowest BCUT2D eigenvalue weighted by atomic mass is 10.3. The van der Waals surface area contributed by atoms with E-state index in [1.54, 1.807) is 18.2 Å². The van der Waals surface area contributed by atoms with Crippen LogP contribution in [0.2, 0.25) is 15.2 Å². The van der Waals surface area contributed by atoms with E-state index in [2.05, 4.69) is 4.98 Å². The number of pyridine rings is 1. The van der Waals surface area contributed by atoms with Crippen LogP contribution in [0.3, 0.4) is 0 Å². The zero-order chi connectivity index (χ0) is 14.7. The Morgan fingerprint density at radius 3 is 2.10 bits per heavy atom. The molecule has 2 aromatic rings. The number of hydrogen-bond donors (Lipinski definition) is 0. The fourth-order valence-electron chi connectivity index (χ4n) is 1.51. The number of rotatable bonds is 4. The molecule has 106 valence electrons. The molecule has 1 aromatic heterocycles. The molecule has 0 aliphatic carbocycles. The van der Waals surface area contributed by atoms with Gasteiger partial charge in [-0.25, -0.2) is 0 Å². The third kappa shape index (κ3) is 3.03. The van der Waals surface area contributed by atoms with E-state index >= 15 is 0 Å². The largest absolute Gasteiger partial charge is 0.493 e. The van der Waals surface area contributed by atoms with E-state index < -0.39 is 0 Å². The van der Waals surface area contributed by atoms with E-state index in [0.717, 1.165) is 0 Å². The third-order valence-corrected chi connectivity index (χ3v) is 3.38. The van der Waals surface area contributed by atoms with E-state index in [4.69, 9.17) is 49.0 Å². The molecule has 1 aromatic carbocycles. The molecule has 0 saturated heterocycles. The van der Waals surface area contributed by atoms with Crippen molar-refractivity contribution < 1.29 is 14.2 Å². The van der Waals surface area contributed by atoms with Gasteiger partial charge in [-0.3, -0.25) is 0 Å². The summed E-state index contributed by atoms with van der Waals surface area (Å²) in [6.07, 6.45) is 0. The quantitative estimate of drug-likeness (QED) is 0.749. The van der Waals surface area contributed by atoms with E-state index in [0.29, 0.717) is 17.2 Å². The van der Waals surface area contributed by atoms with Crippen molar-refractivity contribution in [3.05, 3.63) is 39.5 Å². The van der Waals surface area contributed by atoms with Gasteiger partial charge in [0.05, 0.1) is 19.2 Å². The first-order valence-electron chi connectivity index (χ1n) is 5.47. The summed E-state index contributed by atoms with van der Waals surface area (Å²) in [5.74, 6) is 1.43. The molecule has 0 unspecified atom stereocenters. The smallest absolute Gasteiger partial charge is 0.240 e. The molecule has 0 spiro atoms. The monoisotopic (exact) mass is 333 g/mol. The van der Waals surface area contributed by atoms with Gasteiger partial charge in [0.2, 0.25) is 11.6 Å². The molecule has 0 amide bonds. The van der Waals surface area contributed by atoms with Gasteiger partial charge in [-0.15, -0.1) is 0 Å². The van der Waals surface area contributed by atoms with Crippen molar-refractivity contribution in [2.24, 2.45) is 0 Å². The van der Waals surface area contributed by atoms with Crippen LogP contribution in [0.15, 0.2) is 24.3 Å². The van der Waals surface area contributed by atoms with Gasteiger partial charge in [0.15, 0.2) is 16.7 Å². The second-order valence-corrected chi connectivity index (χ2v) is 4.81. The number of para-hydroxylation sites is 1. The number of methoxy groups -OCH3 is 2. The highest BCUT2D eigenvalue weighted by molar-refractivity contribution is 6.42. The lowest BCUT2D eigenvalue weighted by Crippen LogP contribution is -1.96. The van der Waals surface area contributed by atoms with E-state index in [-0.39, 0.29) is 21.1 Å². The van der Waals surface area contributed by atoms with Crippen LogP contribution in [0.4, 0.5) is 0 Å². The average molecular weight is 335 g/mol. The van der Waals surface area contributed by atoms with Crippen LogP contribution in [-0.2, 0) is 0 Å². The maximum Gasteiger partial charge on any atom is 0.240 e. The Labute approximate surface area is 131 Å². The lowest BCUT2D eigenvalue weighted by molar-refractivity contribution is 0.342. The van der Waals surface area contributed by atoms with Crippen LogP contribution in [0.5, 0.6) is 23.1 Å². The molecule has 1 heterocycles. The SMILES string of the molecule is COc1cccc(OC)c1Oc1nc(Cl)c(Cl)cc1Cl. The minimum absolute atomic E-state index is 0.0972. The van der Waals surface area contributed by atoms with E-state index in [1.807, 2.05) is 0 Å². The number of aromatic nitrogens is 1. The fourth-order valence-corrected chi connectivity index (χ4v) is 2.04. The van der Waals surface area contributed by atoms with E-state index in [1.165, 1.54) is 20.3 Å². The van der Waals surface area contributed by atoms with E-state index in [9.17, 15) is 0 Å². The molecular formula is C13H10Cl3NO3. The zero-order valence-electron chi connectivity index (χ0n) is 10.6. The molecule has 0 fully saturated rings. The zero-order valence-corrected chi connectivity index (χ0v) is 12.9. The van der Waals surface area contributed by atoms with Crippen molar-refractivity contribution in [1.29, 1.82) is 0 Å². The summed E-state index contributed by atoms with van der Waals surface area (Å²) in [5, 5.41) is 0.572. The van der Waals surface area contributed by atoms with Crippen molar-refractivity contribution >= 4 is 34.8 Å². The minimum Gasteiger partial charge on any atom is -0.493 e. The molecule has 4 nitrogen and oxygen atoms in total. The van der Waals surface area contributed by atoms with Crippen LogP contribution in [-0.4, -0.2) is 19.2 Å². The highest BCUT2D eigenvalue weighted by atomic mass is 35.5. The van der Waals surface area contributed by atoms with Crippen LogP contribution >= 0.6 is 34.8 Å². The predicted octanol–water partition coefficient (Wildman–Crippen LogP) is 4.85. The first-order valence-corrected chi connectivity index (χ1v) is 6.60. The second kappa shape index (κ2) is 6.39. The summed E-state index contributed by atoms with van der Waals surface area (Å²) >= 11 is 17.7. The summed E-state index contributed by atoms with van der Waals surface area (Å²) in [6, 6.07) is 6.68. The van der Waals surface area contributed by atoms with Gasteiger partial charge in [-0.2, -0.15) is 4.98 Å². The Hall–Kier alpha value is -1.36. The summed E-state index contributed by atoms with van der Waals surface area (Å²) < 4.78 is 16.1. The van der Waals surface area contributed by atoms with Gasteiger partial charge in [-0.1, -0.05) is 40.9 Å². The summed E-state index contributed by atoms with van der Waals surface area (Å²) in [4.78, 5) is 3.99. The van der Waals surface area contributed by atoms with Gasteiger partial charge in [0.1, 0.15) is 5.02 Å². The van der Waals surface area contributed by atoms with Gasteiger partial charge in [0, 0.05) is 0 Å². The number of benzene rings is 1. The molecule has 0 bridgehead atoms. The molecule has 0 atom stereocenters. The fraction of sp³-hybridized carbons (Fsp3) is 0.154. The van der Waals surface area contributed by atoms with Crippen LogP contribution in [0.1, 0.15) is 0 Å². The number of ether oxygens (including phenoxy) is 3. The molecule has 0 aliphatic rings. The first kappa shape index (κ1) is 15.0. The highest BCUT2D eigenvalue weighted by Crippen LogP contribution is 2.42. The molecule has 0 N–H and O–H groups in total. The van der Waals surface area contributed by atoms with Gasteiger partial charge >= 0.3 is 0 Å². The van der Waals surface area contributed by atoms with Crippen LogP contribution < -0.4 is 14.2 Å². The van der Waals surface area contributed by atoms with Crippen molar-refractivity contribution in [3.63, 3.8) is 0 Å². The number of nitrogens with zero attached hydrogens (tertiary/aromatic N) is 1. The van der Waals surface area contributed by atoms with Gasteiger partial charge in [-0.05, 0) is 18.2 Å². The van der Waals surface area contributed by atoms with Gasteiger partial charge in [0.25, 0.3) is 0 Å². The number of halogens is 3. The summed E-state index contributed by atoms with van der Waals surface area (Å²) in [5.41, 5.74) is 0. The Morgan fingerprint density at radius 2 is 1.55 bits per heavy atom. The average Bonchev–Trinajstić information content (AvgIpc) is 2.44. The predicted molar refractivity (Wildman–Crippen MR) is 78.9 cm³/mol. The van der Waals surface area contributed by atoms with Crippen LogP contribution in [0.25, 0.3) is 0 Å². The van der Waals surface area contributed by atoms with Crippen LogP contribution in [0, 0.1) is 0 Å². The normalized spacial score (nSPS) is 10.2. The van der Waals surface area contributed by atoms with Gasteiger partial charge < -0.3 is 14.2 Å². The Kier molecular flexibility index (Phi) is 4.81. The topological polar surface area (TPSA) is 40.6 Å². The first-order chi connectivity index (χ1) is 9.56. The second-order valence-electron chi connectivity index (χ2n) is 3.64. The maximum atomic E-state index is 6.03. The molecule has 0 aliphatic heterocycles. The Balaban J connectivity index is 2.47. The molecule has 20 heavy (non-hydrogen) atoms. The lowest BCUT2D eigenvalue weighted by Gasteiger charge is -2.14. The van der Waals surface area contributed by atoms with Crippen molar-refractivity contribution in [2.75, 3.05) is 14.2 Å². The summed E-state index contributed by atoms with van der Waals surface area (Å²) in [7, 11) is 3.04. The Morgan fingerprint density at radius 1 is 0.950 bits per heavy atom. The van der Waals surface area contributed by atoms with Crippen molar-refractivity contribution in [2.45, 2.75) is 0 Å². The minimum atomic E-state index is 0.0972. The third-order valence-electron chi connectivity index (χ3n) is 2.44. The molecule has 7 heteroatoms. The van der Waals surface area contributed by atoms with Crippen molar-refractivity contribution in [1.82, 2.24) is 4.98 Å². The van der Waals surface area contributed by atoms with Crippen molar-refractivity contribution in [3.8, 4) is 23.1 Å². The molecule has 2 rings (SSSR count). The number of hydrogen-bond acceptors (Lipinski definition) is 4. The molecule has 0 saturated carbocycles. The highest BCUT2D eigenvalue weighted by Gasteiger charge is 2.16. The molecule has 0 radical (unpaired) electrons. The molecular weight excluding hydrogens is 325 g/mol.